The molecule has 2 aliphatic heterocycles. The lowest BCUT2D eigenvalue weighted by Gasteiger charge is -2.33. The van der Waals surface area contributed by atoms with Gasteiger partial charge >= 0.3 is 17.9 Å². The molecule has 1 saturated heterocycles. The maximum atomic E-state index is 12.9. The Hall–Kier alpha value is -5.37. The Morgan fingerprint density at radius 2 is 1.12 bits per heavy atom. The second-order valence-corrected chi connectivity index (χ2v) is 9.51. The minimum Gasteiger partial charge on any atom is -0.480 e. The van der Waals surface area contributed by atoms with Crippen molar-refractivity contribution in [3.63, 3.8) is 0 Å². The van der Waals surface area contributed by atoms with E-state index in [0.29, 0.717) is 22.3 Å². The zero-order valence-electron chi connectivity index (χ0n) is 22.3. The highest BCUT2D eigenvalue weighted by Crippen LogP contribution is 2.36. The molecule has 8 nitrogen and oxygen atoms in total. The number of hydrogen-bond acceptors (Lipinski definition) is 8. The molecule has 206 valence electrons. The number of allylic oxidation sites excluding steroid dienone is 4. The Labute approximate surface area is 236 Å². The van der Waals surface area contributed by atoms with Crippen LogP contribution < -0.4 is 0 Å². The van der Waals surface area contributed by atoms with Gasteiger partial charge < -0.3 is 24.1 Å². The van der Waals surface area contributed by atoms with E-state index in [9.17, 15) is 19.5 Å². The zero-order chi connectivity index (χ0) is 29.0. The van der Waals surface area contributed by atoms with Gasteiger partial charge in [-0.3, -0.25) is 0 Å². The van der Waals surface area contributed by atoms with Gasteiger partial charge in [-0.05, 0) is 23.3 Å². The number of cyclic esters (lactones) is 3. The van der Waals surface area contributed by atoms with Crippen LogP contribution in [0, 0.1) is 0 Å². The fourth-order valence-electron chi connectivity index (χ4n) is 4.37. The van der Waals surface area contributed by atoms with Crippen LogP contribution in [0.15, 0.2) is 132 Å². The largest absolute Gasteiger partial charge is 0.480 e. The van der Waals surface area contributed by atoms with E-state index in [1.807, 2.05) is 12.1 Å². The summed E-state index contributed by atoms with van der Waals surface area (Å²) >= 11 is 0. The van der Waals surface area contributed by atoms with Gasteiger partial charge in [0.05, 0.1) is 0 Å². The van der Waals surface area contributed by atoms with Gasteiger partial charge in [-0.1, -0.05) is 103 Å². The summed E-state index contributed by atoms with van der Waals surface area (Å²) in [5.41, 5.74) is 1.76. The first-order chi connectivity index (χ1) is 19.7. The summed E-state index contributed by atoms with van der Waals surface area (Å²) in [6, 6.07) is 26.5. The lowest BCUT2D eigenvalue weighted by molar-refractivity contribution is -0.236. The van der Waals surface area contributed by atoms with Crippen LogP contribution in [0.2, 0.25) is 0 Å². The maximum absolute atomic E-state index is 12.9. The molecule has 0 amide bonds. The SMILES string of the molecule is CC1(c2ccccc2)OC(=O)C(=C/C=C(/C=C/C2=C(O)OC(C)(c3ccccc3)OC2=O)c2ccccc2)C(=O)O1. The molecule has 1 N–H and O–H groups in total. The number of rotatable bonds is 6. The molecule has 0 aliphatic carbocycles. The molecule has 2 aliphatic rings. The molecule has 1 fully saturated rings. The van der Waals surface area contributed by atoms with Gasteiger partial charge in [-0.2, -0.15) is 0 Å². The minimum absolute atomic E-state index is 0.206. The van der Waals surface area contributed by atoms with Crippen molar-refractivity contribution in [2.75, 3.05) is 0 Å². The van der Waals surface area contributed by atoms with Gasteiger partial charge in [0.1, 0.15) is 11.1 Å². The molecule has 3 aromatic carbocycles. The lowest BCUT2D eigenvalue weighted by atomic mass is 10.0. The fourth-order valence-corrected chi connectivity index (χ4v) is 4.37. The summed E-state index contributed by atoms with van der Waals surface area (Å²) in [5.74, 6) is -6.14. The Balaban J connectivity index is 1.44. The third-order valence-corrected chi connectivity index (χ3v) is 6.61. The number of hydrogen-bond donors (Lipinski definition) is 1. The Bertz CT molecular complexity index is 1580. The average Bonchev–Trinajstić information content (AvgIpc) is 2.96. The van der Waals surface area contributed by atoms with Gasteiger partial charge in [0.25, 0.3) is 17.5 Å². The smallest absolute Gasteiger partial charge is 0.349 e. The van der Waals surface area contributed by atoms with Gasteiger partial charge in [0.2, 0.25) is 0 Å². The number of benzene rings is 3. The second kappa shape index (κ2) is 11.0. The Morgan fingerprint density at radius 3 is 1.63 bits per heavy atom. The van der Waals surface area contributed by atoms with Crippen molar-refractivity contribution in [1.82, 2.24) is 0 Å². The van der Waals surface area contributed by atoms with Crippen molar-refractivity contribution in [2.24, 2.45) is 0 Å². The molecule has 3 aromatic rings. The average molecular weight is 551 g/mol. The summed E-state index contributed by atoms with van der Waals surface area (Å²) in [6.07, 6.45) is 5.67. The van der Waals surface area contributed by atoms with Crippen LogP contribution in [0.4, 0.5) is 0 Å². The standard InChI is InChI=1S/C33H26O8/c1-32(24-14-8-4-9-15-24)38-28(34)26(29(35)39-32)20-18-23(22-12-6-3-7-13-22)19-21-27-30(36)40-33(2,41-31(27)37)25-16-10-5-11-17-25/h3-21,34H,1-2H3/b20-18+,23-19-,27-21?. The first kappa shape index (κ1) is 27.2. The van der Waals surface area contributed by atoms with Gasteiger partial charge in [0.15, 0.2) is 0 Å². The monoisotopic (exact) mass is 550 g/mol. The molecular weight excluding hydrogens is 524 g/mol. The Morgan fingerprint density at radius 1 is 0.659 bits per heavy atom. The van der Waals surface area contributed by atoms with Gasteiger partial charge in [-0.25, -0.2) is 14.4 Å². The van der Waals surface area contributed by atoms with E-state index in [4.69, 9.17) is 18.9 Å². The quantitative estimate of drug-likeness (QED) is 0.179. The second-order valence-electron chi connectivity index (χ2n) is 9.51. The maximum Gasteiger partial charge on any atom is 0.349 e. The number of carbonyl (C=O) groups excluding carboxylic acids is 3. The van der Waals surface area contributed by atoms with Crippen molar-refractivity contribution >= 4 is 23.5 Å². The molecule has 0 bridgehead atoms. The van der Waals surface area contributed by atoms with E-state index < -0.39 is 35.4 Å². The highest BCUT2D eigenvalue weighted by atomic mass is 16.8. The predicted molar refractivity (Wildman–Crippen MR) is 148 cm³/mol. The number of aliphatic hydroxyl groups excluding tert-OH is 1. The molecule has 0 saturated carbocycles. The van der Waals surface area contributed by atoms with Crippen molar-refractivity contribution in [3.8, 4) is 0 Å². The van der Waals surface area contributed by atoms with Gasteiger partial charge in [0, 0.05) is 25.0 Å². The molecule has 0 radical (unpaired) electrons. The zero-order valence-corrected chi connectivity index (χ0v) is 22.3. The molecule has 1 unspecified atom stereocenters. The minimum atomic E-state index is -1.56. The first-order valence-corrected chi connectivity index (χ1v) is 12.8. The third kappa shape index (κ3) is 5.67. The van der Waals surface area contributed by atoms with E-state index >= 15 is 0 Å². The number of esters is 3. The highest BCUT2D eigenvalue weighted by Gasteiger charge is 2.44. The summed E-state index contributed by atoms with van der Waals surface area (Å²) < 4.78 is 22.2. The van der Waals surface area contributed by atoms with E-state index in [1.165, 1.54) is 38.2 Å². The molecule has 1 atom stereocenters. The topological polar surface area (TPSA) is 108 Å². The highest BCUT2D eigenvalue weighted by molar-refractivity contribution is 6.15. The molecule has 0 aromatic heterocycles. The van der Waals surface area contributed by atoms with Crippen molar-refractivity contribution in [1.29, 1.82) is 0 Å². The molecule has 41 heavy (non-hydrogen) atoms. The predicted octanol–water partition coefficient (Wildman–Crippen LogP) is 5.74. The summed E-state index contributed by atoms with van der Waals surface area (Å²) in [5, 5.41) is 10.6. The van der Waals surface area contributed by atoms with Crippen molar-refractivity contribution in [3.05, 3.63) is 149 Å². The molecular formula is C33H26O8. The lowest BCUT2D eigenvalue weighted by Crippen LogP contribution is -2.42. The fraction of sp³-hybridized carbons (Fsp3) is 0.121. The summed E-state index contributed by atoms with van der Waals surface area (Å²) in [4.78, 5) is 38.6. The molecule has 0 spiro atoms. The van der Waals surface area contributed by atoms with Crippen LogP contribution >= 0.6 is 0 Å². The van der Waals surface area contributed by atoms with E-state index in [0.717, 1.165) is 0 Å². The van der Waals surface area contributed by atoms with E-state index in [2.05, 4.69) is 0 Å². The number of ether oxygens (including phenoxy) is 4. The summed E-state index contributed by atoms with van der Waals surface area (Å²) in [7, 11) is 0. The molecule has 2 heterocycles. The first-order valence-electron chi connectivity index (χ1n) is 12.8. The van der Waals surface area contributed by atoms with Crippen LogP contribution in [-0.4, -0.2) is 23.0 Å². The van der Waals surface area contributed by atoms with Gasteiger partial charge in [-0.15, -0.1) is 0 Å². The van der Waals surface area contributed by atoms with Crippen LogP contribution in [0.5, 0.6) is 0 Å². The Kier molecular flexibility index (Phi) is 7.31. The van der Waals surface area contributed by atoms with Crippen molar-refractivity contribution in [2.45, 2.75) is 25.4 Å². The van der Waals surface area contributed by atoms with Crippen LogP contribution in [0.1, 0.15) is 30.5 Å². The van der Waals surface area contributed by atoms with Crippen LogP contribution in [0.25, 0.3) is 5.57 Å². The summed E-state index contributed by atoms with van der Waals surface area (Å²) in [6.45, 7) is 3.03. The van der Waals surface area contributed by atoms with Crippen molar-refractivity contribution < 1.29 is 38.4 Å². The number of aliphatic hydroxyl groups is 1. The van der Waals surface area contributed by atoms with E-state index in [1.54, 1.807) is 78.9 Å². The molecule has 8 heteroatoms. The number of carbonyl (C=O) groups is 3. The van der Waals surface area contributed by atoms with E-state index in [-0.39, 0.29) is 11.1 Å². The third-order valence-electron chi connectivity index (χ3n) is 6.61. The van der Waals surface area contributed by atoms with Crippen LogP contribution in [0.3, 0.4) is 0 Å². The molecule has 5 rings (SSSR count). The normalized spacial score (nSPS) is 23.0. The van der Waals surface area contributed by atoms with Crippen LogP contribution in [-0.2, 0) is 44.9 Å².